The molecule has 238 valence electrons. The summed E-state index contributed by atoms with van der Waals surface area (Å²) in [4.78, 5) is 59.3. The number of ketones is 1. The molecule has 48 heavy (non-hydrogen) atoms. The lowest BCUT2D eigenvalue weighted by Gasteiger charge is -2.22. The Hall–Kier alpha value is -5.21. The number of carbonyl (C=O) groups is 4. The van der Waals surface area contributed by atoms with E-state index in [0.29, 0.717) is 39.8 Å². The van der Waals surface area contributed by atoms with Crippen LogP contribution in [0.2, 0.25) is 0 Å². The van der Waals surface area contributed by atoms with Crippen LogP contribution in [0.15, 0.2) is 114 Å². The van der Waals surface area contributed by atoms with Gasteiger partial charge in [-0.1, -0.05) is 102 Å². The average Bonchev–Trinajstić information content (AvgIpc) is 3.37. The number of carbonyl (C=O) groups excluding carboxylic acids is 4. The number of halogens is 1. The molecular formula is C40H31BrN2O5. The lowest BCUT2D eigenvalue weighted by atomic mass is 9.78. The Bertz CT molecular complexity index is 2120. The summed E-state index contributed by atoms with van der Waals surface area (Å²) in [5.41, 5.74) is 5.92. The monoisotopic (exact) mass is 698 g/mol. The topological polar surface area (TPSA) is 93.6 Å². The van der Waals surface area contributed by atoms with Gasteiger partial charge in [0.1, 0.15) is 0 Å². The molecule has 2 aliphatic rings. The van der Waals surface area contributed by atoms with E-state index in [1.54, 1.807) is 42.5 Å². The van der Waals surface area contributed by atoms with Gasteiger partial charge in [0.2, 0.25) is 11.8 Å². The van der Waals surface area contributed by atoms with Crippen molar-refractivity contribution in [3.63, 3.8) is 0 Å². The number of pyridine rings is 1. The molecular weight excluding hydrogens is 668 g/mol. The number of imide groups is 1. The Balaban J connectivity index is 1.14. The summed E-state index contributed by atoms with van der Waals surface area (Å²) in [5.74, 6) is -1.99. The van der Waals surface area contributed by atoms with Crippen molar-refractivity contribution in [1.82, 2.24) is 4.98 Å². The number of nitrogens with zero attached hydrogens (tertiary/aromatic N) is 2. The second-order valence-corrected chi connectivity index (χ2v) is 13.2. The first-order valence-corrected chi connectivity index (χ1v) is 16.6. The van der Waals surface area contributed by atoms with Gasteiger partial charge in [0.15, 0.2) is 12.4 Å². The van der Waals surface area contributed by atoms with Gasteiger partial charge in [0.25, 0.3) is 0 Å². The molecule has 0 saturated carbocycles. The fourth-order valence-electron chi connectivity index (χ4n) is 6.73. The second-order valence-electron chi connectivity index (χ2n) is 12.3. The quantitative estimate of drug-likeness (QED) is 0.0734. The summed E-state index contributed by atoms with van der Waals surface area (Å²) < 4.78 is 6.36. The highest BCUT2D eigenvalue weighted by molar-refractivity contribution is 9.10. The summed E-state index contributed by atoms with van der Waals surface area (Å²) in [5, 5.41) is 0.588. The third-order valence-electron chi connectivity index (χ3n) is 9.23. The van der Waals surface area contributed by atoms with Crippen LogP contribution >= 0.6 is 15.9 Å². The zero-order valence-electron chi connectivity index (χ0n) is 26.4. The number of amides is 2. The highest BCUT2D eigenvalue weighted by Gasteiger charge is 2.50. The average molecular weight is 700 g/mol. The van der Waals surface area contributed by atoms with E-state index < -0.39 is 12.6 Å². The van der Waals surface area contributed by atoms with E-state index >= 15 is 0 Å². The third-order valence-corrected chi connectivity index (χ3v) is 9.69. The number of rotatable bonds is 7. The number of aryl methyl sites for hydroxylation is 1. The van der Waals surface area contributed by atoms with E-state index in [1.807, 2.05) is 80.6 Å². The number of ether oxygens (including phenoxy) is 1. The van der Waals surface area contributed by atoms with Gasteiger partial charge >= 0.3 is 5.97 Å². The minimum atomic E-state index is -0.648. The fraction of sp³-hybridized carbons (Fsp3) is 0.175. The summed E-state index contributed by atoms with van der Waals surface area (Å²) in [6.45, 7) is 3.46. The van der Waals surface area contributed by atoms with Crippen LogP contribution in [0, 0.1) is 24.7 Å². The largest absolute Gasteiger partial charge is 0.454 e. The first-order chi connectivity index (χ1) is 23.2. The molecule has 7 rings (SSSR count). The molecule has 2 amide bonds. The number of benzene rings is 4. The molecule has 3 unspecified atom stereocenters. The van der Waals surface area contributed by atoms with Gasteiger partial charge in [-0.25, -0.2) is 9.78 Å². The smallest absolute Gasteiger partial charge is 0.339 e. The molecule has 1 aliphatic heterocycles. The predicted octanol–water partition coefficient (Wildman–Crippen LogP) is 8.38. The summed E-state index contributed by atoms with van der Waals surface area (Å²) in [7, 11) is 0. The molecule has 1 fully saturated rings. The van der Waals surface area contributed by atoms with Gasteiger partial charge in [0, 0.05) is 21.0 Å². The van der Waals surface area contributed by atoms with Gasteiger partial charge in [0.05, 0.1) is 34.3 Å². The van der Waals surface area contributed by atoms with Gasteiger partial charge in [-0.2, -0.15) is 0 Å². The van der Waals surface area contributed by atoms with Crippen LogP contribution in [-0.4, -0.2) is 35.2 Å². The summed E-state index contributed by atoms with van der Waals surface area (Å²) >= 11 is 3.52. The molecule has 3 atom stereocenters. The predicted molar refractivity (Wildman–Crippen MR) is 189 cm³/mol. The zero-order valence-corrected chi connectivity index (χ0v) is 27.9. The number of esters is 1. The molecule has 0 bridgehead atoms. The number of aromatic nitrogens is 1. The Kier molecular flexibility index (Phi) is 8.35. The molecule has 2 heterocycles. The Morgan fingerprint density at radius 1 is 0.875 bits per heavy atom. The van der Waals surface area contributed by atoms with Crippen molar-refractivity contribution < 1.29 is 23.9 Å². The molecule has 1 saturated heterocycles. The molecule has 7 nitrogen and oxygen atoms in total. The van der Waals surface area contributed by atoms with Crippen LogP contribution in [-0.2, 0) is 14.3 Å². The molecule has 0 spiro atoms. The lowest BCUT2D eigenvalue weighted by Crippen LogP contribution is -2.31. The number of allylic oxidation sites excluding steroid dienone is 2. The van der Waals surface area contributed by atoms with Gasteiger partial charge in [-0.3, -0.25) is 19.3 Å². The van der Waals surface area contributed by atoms with Crippen LogP contribution in [0.3, 0.4) is 0 Å². The first-order valence-electron chi connectivity index (χ1n) is 15.8. The molecule has 5 aromatic rings. The van der Waals surface area contributed by atoms with E-state index in [0.717, 1.165) is 21.2 Å². The van der Waals surface area contributed by atoms with Gasteiger partial charge in [-0.15, -0.1) is 0 Å². The van der Waals surface area contributed by atoms with E-state index in [9.17, 15) is 19.2 Å². The van der Waals surface area contributed by atoms with Crippen LogP contribution in [0.25, 0.3) is 33.3 Å². The maximum absolute atomic E-state index is 13.6. The van der Waals surface area contributed by atoms with Crippen molar-refractivity contribution in [3.05, 3.63) is 130 Å². The fourth-order valence-corrected chi connectivity index (χ4v) is 7.30. The van der Waals surface area contributed by atoms with Crippen molar-refractivity contribution in [3.8, 4) is 22.4 Å². The first kappa shape index (κ1) is 31.4. The maximum Gasteiger partial charge on any atom is 0.339 e. The van der Waals surface area contributed by atoms with E-state index in [2.05, 4.69) is 15.9 Å². The number of fused-ring (bicyclic) bond motifs is 2. The van der Waals surface area contributed by atoms with Gasteiger partial charge in [-0.05, 0) is 66.3 Å². The standard InChI is InChI=1S/C40H31BrN2O5/c1-23-7-6-10-31-36(23)39(46)43(38(31)45)30-17-15-27(16-18-30)34-21-33(32-20-29(41)19-24(2)37(32)42-34)40(47)48-22-35(44)28-13-11-26(12-14-28)25-8-4-3-5-9-25/h3-9,11-21,23,31,36H,10,22H2,1-2H3. The van der Waals surface area contributed by atoms with Gasteiger partial charge < -0.3 is 4.74 Å². The Labute approximate surface area is 286 Å². The lowest BCUT2D eigenvalue weighted by molar-refractivity contribution is -0.122. The molecule has 1 aliphatic carbocycles. The van der Waals surface area contributed by atoms with Crippen molar-refractivity contribution in [2.45, 2.75) is 20.3 Å². The molecule has 0 N–H and O–H groups in total. The SMILES string of the molecule is Cc1cc(Br)cc2c(C(=O)OCC(=O)c3ccc(-c4ccccc4)cc3)cc(-c3ccc(N4C(=O)C5CC=CC(C)C5C4=O)cc3)nc12. The maximum atomic E-state index is 13.6. The molecule has 1 aromatic heterocycles. The van der Waals surface area contributed by atoms with E-state index in [1.165, 1.54) is 4.90 Å². The van der Waals surface area contributed by atoms with Crippen LogP contribution in [0.1, 0.15) is 39.6 Å². The Morgan fingerprint density at radius 2 is 1.56 bits per heavy atom. The molecule has 8 heteroatoms. The van der Waals surface area contributed by atoms with Crippen molar-refractivity contribution in [1.29, 1.82) is 0 Å². The van der Waals surface area contributed by atoms with Crippen LogP contribution < -0.4 is 4.90 Å². The van der Waals surface area contributed by atoms with Crippen molar-refractivity contribution >= 4 is 56.1 Å². The van der Waals surface area contributed by atoms with Crippen LogP contribution in [0.4, 0.5) is 5.69 Å². The second kappa shape index (κ2) is 12.8. The van der Waals surface area contributed by atoms with Crippen molar-refractivity contribution in [2.75, 3.05) is 11.5 Å². The van der Waals surface area contributed by atoms with Crippen molar-refractivity contribution in [2.24, 2.45) is 17.8 Å². The summed E-state index contributed by atoms with van der Waals surface area (Å²) in [6.07, 6.45) is 4.56. The number of Topliss-reactive ketones (excluding diaryl/α,β-unsaturated/α-hetero) is 1. The highest BCUT2D eigenvalue weighted by Crippen LogP contribution is 2.41. The number of hydrogen-bond acceptors (Lipinski definition) is 6. The number of anilines is 1. The zero-order chi connectivity index (χ0) is 33.5. The molecule has 0 radical (unpaired) electrons. The van der Waals surface area contributed by atoms with E-state index in [-0.39, 0.29) is 40.9 Å². The van der Waals surface area contributed by atoms with Crippen LogP contribution in [0.5, 0.6) is 0 Å². The minimum Gasteiger partial charge on any atom is -0.454 e. The number of hydrogen-bond donors (Lipinski definition) is 0. The summed E-state index contributed by atoms with van der Waals surface area (Å²) in [6, 6.07) is 29.5. The Morgan fingerprint density at radius 3 is 2.27 bits per heavy atom. The highest BCUT2D eigenvalue weighted by atomic mass is 79.9. The molecule has 4 aromatic carbocycles. The normalized spacial score (nSPS) is 18.6. The minimum absolute atomic E-state index is 0.00297. The third kappa shape index (κ3) is 5.77. The van der Waals surface area contributed by atoms with E-state index in [4.69, 9.17) is 9.72 Å².